The molecule has 5 heterocycles. The van der Waals surface area contributed by atoms with Crippen molar-refractivity contribution in [1.82, 2.24) is 23.9 Å². The lowest BCUT2D eigenvalue weighted by Crippen LogP contribution is -2.33. The molecule has 10 nitrogen and oxygen atoms in total. The zero-order valence-electron chi connectivity index (χ0n) is 24.4. The molecule has 0 saturated carbocycles. The number of Topliss-reactive ketones (excluding diaryl/α,β-unsaturated/α-hetero) is 1. The number of ketones is 1. The molecule has 1 unspecified atom stereocenters. The van der Waals surface area contributed by atoms with Gasteiger partial charge in [-0.15, -0.1) is 10.7 Å². The van der Waals surface area contributed by atoms with Gasteiger partial charge in [0.2, 0.25) is 11.8 Å². The van der Waals surface area contributed by atoms with Gasteiger partial charge in [0, 0.05) is 72.3 Å². The number of cyclic esters (lactones) is 1. The predicted octanol–water partition coefficient (Wildman–Crippen LogP) is 2.54. The molecule has 0 aromatic carbocycles. The molecule has 220 valence electrons. The van der Waals surface area contributed by atoms with Gasteiger partial charge in [0.05, 0.1) is 13.2 Å². The minimum absolute atomic E-state index is 0.198. The molecular formula is C27H51N5O5S. The topological polar surface area (TPSA) is 93.7 Å². The Morgan fingerprint density at radius 3 is 1.53 bits per heavy atom. The number of carbonyl (C=O) groups excluding carboxylic acids is 4. The summed E-state index contributed by atoms with van der Waals surface area (Å²) >= 11 is 0. The summed E-state index contributed by atoms with van der Waals surface area (Å²) in [5, 5.41) is 0. The van der Waals surface area contributed by atoms with E-state index < -0.39 is 0 Å². The van der Waals surface area contributed by atoms with Gasteiger partial charge in [-0.25, -0.2) is 4.79 Å². The van der Waals surface area contributed by atoms with Crippen LogP contribution in [0.3, 0.4) is 0 Å². The molecule has 0 aromatic rings. The van der Waals surface area contributed by atoms with Gasteiger partial charge in [-0.1, -0.05) is 5.87 Å². The van der Waals surface area contributed by atoms with Crippen LogP contribution in [-0.2, 0) is 19.1 Å². The Kier molecular flexibility index (Phi) is 17.1. The number of likely N-dealkylation sites (tertiary alicyclic amines) is 3. The lowest BCUT2D eigenvalue weighted by atomic mass is 10.1. The molecule has 0 aliphatic carbocycles. The number of rotatable bonds is 0. The van der Waals surface area contributed by atoms with E-state index in [9.17, 15) is 19.2 Å². The van der Waals surface area contributed by atoms with Gasteiger partial charge in [0.15, 0.2) is 0 Å². The third-order valence-corrected chi connectivity index (χ3v) is 8.60. The number of carbonyl (C=O) groups is 4. The predicted molar refractivity (Wildman–Crippen MR) is 156 cm³/mol. The van der Waals surface area contributed by atoms with Crippen LogP contribution in [0.2, 0.25) is 0 Å². The molecule has 1 atom stereocenters. The van der Waals surface area contributed by atoms with Crippen LogP contribution in [-0.4, -0.2) is 140 Å². The molecule has 38 heavy (non-hydrogen) atoms. The highest BCUT2D eigenvalue weighted by Gasteiger charge is 2.15. The van der Waals surface area contributed by atoms with Crippen molar-refractivity contribution < 1.29 is 23.9 Å². The van der Waals surface area contributed by atoms with E-state index in [2.05, 4.69) is 26.9 Å². The fourth-order valence-corrected chi connectivity index (χ4v) is 5.29. The second-order valence-corrected chi connectivity index (χ2v) is 12.3. The van der Waals surface area contributed by atoms with E-state index >= 15 is 0 Å². The molecule has 5 fully saturated rings. The van der Waals surface area contributed by atoms with E-state index in [1.807, 2.05) is 21.1 Å². The van der Waals surface area contributed by atoms with Gasteiger partial charge in [-0.05, 0) is 59.2 Å². The first-order chi connectivity index (χ1) is 18.0. The molecule has 0 aromatic heterocycles. The maximum absolute atomic E-state index is 10.7. The maximum Gasteiger partial charge on any atom is 0.409 e. The molecule has 0 N–H and O–H groups in total. The van der Waals surface area contributed by atoms with Crippen molar-refractivity contribution in [3.8, 4) is 0 Å². The Morgan fingerprint density at radius 2 is 1.24 bits per heavy atom. The third kappa shape index (κ3) is 14.8. The Bertz CT molecular complexity index is 731. The quantitative estimate of drug-likeness (QED) is 0.423. The summed E-state index contributed by atoms with van der Waals surface area (Å²) in [6.45, 7) is 6.35. The Labute approximate surface area is 232 Å². The van der Waals surface area contributed by atoms with Crippen LogP contribution in [0.25, 0.3) is 0 Å². The van der Waals surface area contributed by atoms with Crippen molar-refractivity contribution in [3.63, 3.8) is 0 Å². The van der Waals surface area contributed by atoms with Gasteiger partial charge in [-0.3, -0.25) is 23.6 Å². The molecule has 5 aliphatic heterocycles. The molecule has 5 saturated heterocycles. The monoisotopic (exact) mass is 557 g/mol. The standard InChI is InChI=1S/2C6H11NO.C5H9NO2.C5H9NO.C5H11NS/c1-7-4-2-3-6(8)5-7;1-7-5-3-2-4-6(7)8;1-6-3-2-4-8-5(6)7;1-6-4-2-3-5(6)7;1-6-4-3-5-7(6)2/h2*2-5H2,1H3;2-4H2,1H3;2-4H2,1H3;2-5H2,1H3. The van der Waals surface area contributed by atoms with Gasteiger partial charge in [0.25, 0.3) is 0 Å². The second kappa shape index (κ2) is 19.1. The van der Waals surface area contributed by atoms with E-state index in [0.717, 1.165) is 71.1 Å². The SMILES string of the molecule is C=S1CCCN1C.CN1CCCC(=O)C1.CN1CCCC1=O.CN1CCCCC1=O.CN1CCCOC1=O. The largest absolute Gasteiger partial charge is 0.449 e. The Morgan fingerprint density at radius 1 is 0.658 bits per heavy atom. The smallest absolute Gasteiger partial charge is 0.409 e. The van der Waals surface area contributed by atoms with E-state index in [1.54, 1.807) is 21.7 Å². The van der Waals surface area contributed by atoms with Crippen molar-refractivity contribution in [2.75, 3.05) is 86.9 Å². The summed E-state index contributed by atoms with van der Waals surface area (Å²) in [4.78, 5) is 49.5. The maximum atomic E-state index is 10.7. The molecule has 11 heteroatoms. The average molecular weight is 558 g/mol. The summed E-state index contributed by atoms with van der Waals surface area (Å²) in [5.74, 6) is 6.27. The van der Waals surface area contributed by atoms with Crippen LogP contribution in [0.15, 0.2) is 0 Å². The zero-order valence-corrected chi connectivity index (χ0v) is 25.2. The summed E-state index contributed by atoms with van der Waals surface area (Å²) in [6.07, 6.45) is 8.80. The number of hydrogen-bond donors (Lipinski definition) is 0. The Balaban J connectivity index is 0.000000238. The van der Waals surface area contributed by atoms with Crippen LogP contribution in [0.1, 0.15) is 57.8 Å². The summed E-state index contributed by atoms with van der Waals surface area (Å²) in [5.41, 5.74) is 0. The number of hydrogen-bond acceptors (Lipinski definition) is 7. The van der Waals surface area contributed by atoms with Gasteiger partial charge in [-0.2, -0.15) is 0 Å². The van der Waals surface area contributed by atoms with E-state index in [-0.39, 0.29) is 6.09 Å². The lowest BCUT2D eigenvalue weighted by Gasteiger charge is -2.21. The highest BCUT2D eigenvalue weighted by atomic mass is 32.2. The van der Waals surface area contributed by atoms with E-state index in [1.165, 1.54) is 25.1 Å². The molecule has 3 amide bonds. The summed E-state index contributed by atoms with van der Waals surface area (Å²) in [7, 11) is 9.93. The third-order valence-electron chi connectivity index (χ3n) is 6.78. The van der Waals surface area contributed by atoms with E-state index in [4.69, 9.17) is 0 Å². The van der Waals surface area contributed by atoms with Gasteiger partial charge >= 0.3 is 6.09 Å². The molecular weight excluding hydrogens is 506 g/mol. The normalized spacial score (nSPS) is 24.1. The molecule has 5 rings (SSSR count). The van der Waals surface area contributed by atoms with Crippen LogP contribution >= 0.6 is 10.7 Å². The summed E-state index contributed by atoms with van der Waals surface area (Å²) < 4.78 is 7.00. The van der Waals surface area contributed by atoms with Crippen molar-refractivity contribution >= 4 is 40.2 Å². The lowest BCUT2D eigenvalue weighted by molar-refractivity contribution is -0.131. The highest BCUT2D eigenvalue weighted by Crippen LogP contribution is 2.22. The first-order valence-corrected chi connectivity index (χ1v) is 15.3. The number of ether oxygens (including phenoxy) is 1. The van der Waals surface area contributed by atoms with Crippen molar-refractivity contribution in [1.29, 1.82) is 0 Å². The van der Waals surface area contributed by atoms with Crippen molar-refractivity contribution in [2.24, 2.45) is 0 Å². The van der Waals surface area contributed by atoms with Gasteiger partial charge in [0.1, 0.15) is 5.78 Å². The average Bonchev–Trinajstić information content (AvgIpc) is 3.45. The van der Waals surface area contributed by atoms with Crippen LogP contribution < -0.4 is 0 Å². The molecule has 5 aliphatic rings. The van der Waals surface area contributed by atoms with Crippen LogP contribution in [0, 0.1) is 0 Å². The Hall–Kier alpha value is -1.98. The highest BCUT2D eigenvalue weighted by molar-refractivity contribution is 8.12. The summed E-state index contributed by atoms with van der Waals surface area (Å²) in [6, 6.07) is 0. The molecule has 0 bridgehead atoms. The van der Waals surface area contributed by atoms with Gasteiger partial charge < -0.3 is 19.4 Å². The zero-order chi connectivity index (χ0) is 28.5. The first kappa shape index (κ1) is 34.0. The fraction of sp³-hybridized carbons (Fsp3) is 0.815. The van der Waals surface area contributed by atoms with Crippen LogP contribution in [0.4, 0.5) is 4.79 Å². The number of likely N-dealkylation sites (N-methyl/N-ethyl adjacent to an activating group) is 1. The van der Waals surface area contributed by atoms with Crippen molar-refractivity contribution in [2.45, 2.75) is 57.8 Å². The van der Waals surface area contributed by atoms with Crippen molar-refractivity contribution in [3.05, 3.63) is 0 Å². The molecule has 0 spiro atoms. The first-order valence-electron chi connectivity index (χ1n) is 13.8. The minimum Gasteiger partial charge on any atom is -0.449 e. The number of piperidine rings is 2. The number of nitrogens with zero attached hydrogens (tertiary/aromatic N) is 5. The van der Waals surface area contributed by atoms with E-state index in [0.29, 0.717) is 41.4 Å². The van der Waals surface area contributed by atoms with Crippen LogP contribution in [0.5, 0.6) is 0 Å². The second-order valence-electron chi connectivity index (χ2n) is 10.3. The number of amides is 3. The molecule has 0 radical (unpaired) electrons. The fourth-order valence-electron chi connectivity index (χ4n) is 4.13. The minimum atomic E-state index is -0.198.